The van der Waals surface area contributed by atoms with Crippen molar-refractivity contribution in [3.05, 3.63) is 168 Å². The average Bonchev–Trinajstić information content (AvgIpc) is 2.95. The minimum absolute atomic E-state index is 0.157. The normalized spacial score (nSPS) is 11.6. The highest BCUT2D eigenvalue weighted by Gasteiger charge is 2.44. The van der Waals surface area contributed by atoms with Gasteiger partial charge in [-0.25, -0.2) is 4.39 Å². The largest absolute Gasteiger partial charge is 0.207 e. The van der Waals surface area contributed by atoms with E-state index in [0.29, 0.717) is 6.42 Å². The highest BCUT2D eigenvalue weighted by atomic mass is 31.2. The smallest absolute Gasteiger partial charge is 0.126 e. The molecule has 2 heteroatoms. The number of hydrogen-bond donors (Lipinski definition) is 0. The highest BCUT2D eigenvalue weighted by molar-refractivity contribution is 7.95. The third-order valence-electron chi connectivity index (χ3n) is 6.59. The maximum Gasteiger partial charge on any atom is 0.126 e. The van der Waals surface area contributed by atoms with Gasteiger partial charge in [-0.2, -0.15) is 0 Å². The first-order valence-electron chi connectivity index (χ1n) is 12.3. The maximum absolute atomic E-state index is 14.6. The zero-order valence-corrected chi connectivity index (χ0v) is 21.1. The molecule has 36 heavy (non-hydrogen) atoms. The second-order valence-electron chi connectivity index (χ2n) is 8.91. The first kappa shape index (κ1) is 23.9. The third kappa shape index (κ3) is 5.23. The van der Waals surface area contributed by atoms with E-state index < -0.39 is 7.26 Å². The molecule has 0 spiro atoms. The lowest BCUT2D eigenvalue weighted by atomic mass is 10.0. The Morgan fingerprint density at radius 1 is 0.556 bits per heavy atom. The fraction of sp³-hybridized carbons (Fsp3) is 0.0588. The molecule has 0 aliphatic rings. The Morgan fingerprint density at radius 3 is 1.53 bits per heavy atom. The number of allylic oxidation sites excluding steroid dienone is 1. The summed E-state index contributed by atoms with van der Waals surface area (Å²) in [6.07, 6.45) is 5.90. The van der Waals surface area contributed by atoms with E-state index in [2.05, 4.69) is 103 Å². The van der Waals surface area contributed by atoms with Crippen LogP contribution in [0.5, 0.6) is 0 Å². The summed E-state index contributed by atoms with van der Waals surface area (Å²) in [6, 6.07) is 48.1. The van der Waals surface area contributed by atoms with Crippen LogP contribution in [-0.2, 0) is 6.42 Å². The van der Waals surface area contributed by atoms with E-state index in [4.69, 9.17) is 0 Å². The topological polar surface area (TPSA) is 0 Å². The van der Waals surface area contributed by atoms with Crippen molar-refractivity contribution < 1.29 is 4.39 Å². The number of rotatable bonds is 8. The van der Waals surface area contributed by atoms with Gasteiger partial charge in [-0.05, 0) is 71.3 Å². The van der Waals surface area contributed by atoms with E-state index in [1.165, 1.54) is 15.9 Å². The standard InChI is InChI=1S/C34H29FP/c35-34-24-23-29(27-30(34)26-28-14-5-1-6-15-28)16-13-25-36(31-17-7-2-8-18-31,32-19-9-3-10-20-32)33-21-11-4-12-22-33/h1-24,27H,25-26H2/q+1. The second-order valence-corrected chi connectivity index (χ2v) is 12.4. The van der Waals surface area contributed by atoms with Crippen molar-refractivity contribution in [2.24, 2.45) is 0 Å². The van der Waals surface area contributed by atoms with Crippen LogP contribution >= 0.6 is 7.26 Å². The summed E-state index contributed by atoms with van der Waals surface area (Å²) >= 11 is 0. The van der Waals surface area contributed by atoms with Gasteiger partial charge < -0.3 is 0 Å². The molecule has 0 radical (unpaired) electrons. The summed E-state index contributed by atoms with van der Waals surface area (Å²) in [4.78, 5) is 0. The molecule has 5 aromatic carbocycles. The Morgan fingerprint density at radius 2 is 1.03 bits per heavy atom. The summed E-state index contributed by atoms with van der Waals surface area (Å²) in [5.41, 5.74) is 2.85. The van der Waals surface area contributed by atoms with Crippen LogP contribution in [0.2, 0.25) is 0 Å². The molecule has 0 aliphatic carbocycles. The van der Waals surface area contributed by atoms with Gasteiger partial charge in [0.25, 0.3) is 0 Å². The Hall–Kier alpha value is -3.80. The lowest BCUT2D eigenvalue weighted by Crippen LogP contribution is -2.32. The summed E-state index contributed by atoms with van der Waals surface area (Å²) in [6.45, 7) is 0. The third-order valence-corrected chi connectivity index (χ3v) is 10.9. The van der Waals surface area contributed by atoms with Crippen molar-refractivity contribution in [2.45, 2.75) is 6.42 Å². The zero-order chi connectivity index (χ0) is 24.6. The first-order chi connectivity index (χ1) is 17.8. The Labute approximate surface area is 214 Å². The van der Waals surface area contributed by atoms with Crippen LogP contribution in [0, 0.1) is 5.82 Å². The summed E-state index contributed by atoms with van der Waals surface area (Å²) in [5, 5.41) is 4.07. The van der Waals surface area contributed by atoms with Gasteiger partial charge in [0.05, 0.1) is 6.16 Å². The van der Waals surface area contributed by atoms with Crippen molar-refractivity contribution >= 4 is 29.3 Å². The van der Waals surface area contributed by atoms with Gasteiger partial charge >= 0.3 is 0 Å². The molecular weight excluding hydrogens is 458 g/mol. The maximum atomic E-state index is 14.6. The van der Waals surface area contributed by atoms with Gasteiger partial charge in [0.15, 0.2) is 0 Å². The molecule has 176 valence electrons. The minimum Gasteiger partial charge on any atom is -0.207 e. The van der Waals surface area contributed by atoms with E-state index in [1.54, 1.807) is 6.07 Å². The molecule has 0 bridgehead atoms. The lowest BCUT2D eigenvalue weighted by Gasteiger charge is -2.26. The van der Waals surface area contributed by atoms with Crippen LogP contribution in [0.1, 0.15) is 16.7 Å². The highest BCUT2D eigenvalue weighted by Crippen LogP contribution is 2.55. The van der Waals surface area contributed by atoms with E-state index in [0.717, 1.165) is 22.9 Å². The van der Waals surface area contributed by atoms with Crippen LogP contribution in [0.15, 0.2) is 146 Å². The van der Waals surface area contributed by atoms with Crippen molar-refractivity contribution in [1.82, 2.24) is 0 Å². The molecular formula is C34H29FP+. The van der Waals surface area contributed by atoms with Crippen LogP contribution in [0.4, 0.5) is 4.39 Å². The van der Waals surface area contributed by atoms with E-state index in [-0.39, 0.29) is 5.82 Å². The molecule has 0 atom stereocenters. The van der Waals surface area contributed by atoms with Gasteiger partial charge in [-0.3, -0.25) is 0 Å². The SMILES string of the molecule is Fc1ccc(C=CC[P+](c2ccccc2)(c2ccccc2)c2ccccc2)cc1Cc1ccccc1. The lowest BCUT2D eigenvalue weighted by molar-refractivity contribution is 0.614. The fourth-order valence-corrected chi connectivity index (χ4v) is 8.80. The molecule has 0 amide bonds. The quantitative estimate of drug-likeness (QED) is 0.200. The van der Waals surface area contributed by atoms with Crippen LogP contribution in [0.3, 0.4) is 0 Å². The summed E-state index contributed by atoms with van der Waals surface area (Å²) < 4.78 is 14.6. The van der Waals surface area contributed by atoms with Crippen molar-refractivity contribution in [2.75, 3.05) is 6.16 Å². The molecule has 0 unspecified atom stereocenters. The monoisotopic (exact) mass is 487 g/mol. The zero-order valence-electron chi connectivity index (χ0n) is 20.2. The summed E-state index contributed by atoms with van der Waals surface area (Å²) in [5.74, 6) is -0.157. The van der Waals surface area contributed by atoms with Gasteiger partial charge in [0, 0.05) is 6.42 Å². The van der Waals surface area contributed by atoms with E-state index in [9.17, 15) is 4.39 Å². The molecule has 0 heterocycles. The molecule has 0 saturated heterocycles. The van der Waals surface area contributed by atoms with Crippen LogP contribution in [0.25, 0.3) is 6.08 Å². The molecule has 0 aromatic heterocycles. The Bertz CT molecular complexity index is 1320. The Kier molecular flexibility index (Phi) is 7.50. The second kappa shape index (κ2) is 11.3. The minimum atomic E-state index is -1.93. The number of hydrogen-bond acceptors (Lipinski definition) is 0. The number of benzene rings is 5. The predicted octanol–water partition coefficient (Wildman–Crippen LogP) is 7.42. The van der Waals surface area contributed by atoms with Gasteiger partial charge in [-0.1, -0.05) is 97.1 Å². The molecule has 5 rings (SSSR count). The van der Waals surface area contributed by atoms with Crippen molar-refractivity contribution in [3.8, 4) is 0 Å². The first-order valence-corrected chi connectivity index (χ1v) is 14.3. The van der Waals surface area contributed by atoms with Gasteiger partial charge in [-0.15, -0.1) is 0 Å². The molecule has 0 aliphatic heterocycles. The molecule has 5 aromatic rings. The van der Waals surface area contributed by atoms with Crippen molar-refractivity contribution in [1.29, 1.82) is 0 Å². The Balaban J connectivity index is 1.53. The van der Waals surface area contributed by atoms with E-state index >= 15 is 0 Å². The molecule has 0 saturated carbocycles. The molecule has 0 N–H and O–H groups in total. The molecule has 0 fully saturated rings. The van der Waals surface area contributed by atoms with Crippen LogP contribution in [-0.4, -0.2) is 6.16 Å². The number of halogens is 1. The fourth-order valence-electron chi connectivity index (χ4n) is 4.81. The van der Waals surface area contributed by atoms with Crippen LogP contribution < -0.4 is 15.9 Å². The van der Waals surface area contributed by atoms with Gasteiger partial charge in [0.2, 0.25) is 0 Å². The van der Waals surface area contributed by atoms with Crippen molar-refractivity contribution in [3.63, 3.8) is 0 Å². The summed E-state index contributed by atoms with van der Waals surface area (Å²) in [7, 11) is -1.93. The van der Waals surface area contributed by atoms with Gasteiger partial charge in [0.1, 0.15) is 29.0 Å². The molecule has 0 nitrogen and oxygen atoms in total. The average molecular weight is 488 g/mol. The van der Waals surface area contributed by atoms with E-state index in [1.807, 2.05) is 42.5 Å². The predicted molar refractivity (Wildman–Crippen MR) is 155 cm³/mol.